The van der Waals surface area contributed by atoms with E-state index >= 15 is 0 Å². The highest BCUT2D eigenvalue weighted by atomic mass is 16.4. The van der Waals surface area contributed by atoms with Crippen LogP contribution >= 0.6 is 0 Å². The first-order chi connectivity index (χ1) is 13.6. The number of aliphatic carboxylic acids is 1. The third-order valence-corrected chi connectivity index (χ3v) is 3.90. The molecule has 0 bridgehead atoms. The van der Waals surface area contributed by atoms with E-state index in [1.54, 1.807) is 0 Å². The van der Waals surface area contributed by atoms with Crippen LogP contribution in [0, 0.1) is 0 Å². The number of carbonyl (C=O) groups is 4. The van der Waals surface area contributed by atoms with E-state index in [4.69, 9.17) is 28.7 Å². The van der Waals surface area contributed by atoms with Gasteiger partial charge in [-0.05, 0) is 38.6 Å². The Morgan fingerprint density at radius 3 is 2.03 bits per heavy atom. The monoisotopic (exact) mass is 416 g/mol. The molecule has 0 fully saturated rings. The maximum Gasteiger partial charge on any atom is 0.326 e. The number of primary amides is 1. The third kappa shape index (κ3) is 12.2. The van der Waals surface area contributed by atoms with Gasteiger partial charge in [-0.15, -0.1) is 0 Å². The summed E-state index contributed by atoms with van der Waals surface area (Å²) in [6.45, 7) is 0.666. The van der Waals surface area contributed by atoms with Crippen molar-refractivity contribution in [1.82, 2.24) is 10.6 Å². The Hall–Kier alpha value is -2.93. The quantitative estimate of drug-likeness (QED) is 0.0744. The number of carbonyl (C=O) groups excluding carboxylic acids is 3. The van der Waals surface area contributed by atoms with Gasteiger partial charge in [-0.1, -0.05) is 0 Å². The average Bonchev–Trinajstić information content (AvgIpc) is 2.62. The SMILES string of the molecule is NCCCCC(NC(=O)C(CC(N)=O)NC(=O)C(N)CCCN=C(N)N)C(=O)O. The van der Waals surface area contributed by atoms with Crippen LogP contribution in [0.25, 0.3) is 0 Å². The van der Waals surface area contributed by atoms with Crippen molar-refractivity contribution in [2.45, 2.75) is 56.7 Å². The third-order valence-electron chi connectivity index (χ3n) is 3.90. The Labute approximate surface area is 168 Å². The van der Waals surface area contributed by atoms with E-state index in [0.717, 1.165) is 0 Å². The minimum Gasteiger partial charge on any atom is -0.480 e. The van der Waals surface area contributed by atoms with E-state index in [2.05, 4.69) is 15.6 Å². The van der Waals surface area contributed by atoms with Gasteiger partial charge in [-0.25, -0.2) is 4.79 Å². The first-order valence-corrected chi connectivity index (χ1v) is 9.21. The molecular weight excluding hydrogens is 384 g/mol. The van der Waals surface area contributed by atoms with Crippen molar-refractivity contribution in [3.8, 4) is 0 Å². The molecule has 0 aromatic carbocycles. The summed E-state index contributed by atoms with van der Waals surface area (Å²) in [6.07, 6.45) is 1.37. The minimum absolute atomic E-state index is 0.0827. The molecule has 0 rings (SSSR count). The molecule has 0 spiro atoms. The standard InChI is InChI=1S/C16H32N8O5/c17-6-2-1-5-10(15(28)29)23-14(27)11(8-12(19)25)24-13(26)9(18)4-3-7-22-16(20)21/h9-11H,1-8,17-18H2,(H2,19,25)(H,23,27)(H,24,26)(H,28,29)(H4,20,21,22). The fraction of sp³-hybridized carbons (Fsp3) is 0.688. The molecule has 3 unspecified atom stereocenters. The van der Waals surface area contributed by atoms with Gasteiger partial charge in [0, 0.05) is 6.54 Å². The maximum absolute atomic E-state index is 12.4. The molecule has 0 saturated heterocycles. The van der Waals surface area contributed by atoms with Crippen LogP contribution in [0.4, 0.5) is 0 Å². The molecule has 3 atom stereocenters. The first-order valence-electron chi connectivity index (χ1n) is 9.21. The number of carboxylic acids is 1. The van der Waals surface area contributed by atoms with Gasteiger partial charge in [-0.3, -0.25) is 19.4 Å². The molecule has 13 N–H and O–H groups in total. The van der Waals surface area contributed by atoms with Crippen LogP contribution in [-0.4, -0.2) is 66.0 Å². The summed E-state index contributed by atoms with van der Waals surface area (Å²) in [7, 11) is 0. The molecule has 0 aliphatic heterocycles. The summed E-state index contributed by atoms with van der Waals surface area (Å²) in [5.41, 5.74) is 26.7. The van der Waals surface area contributed by atoms with Crippen molar-refractivity contribution in [1.29, 1.82) is 0 Å². The summed E-state index contributed by atoms with van der Waals surface area (Å²) in [4.78, 5) is 51.0. The summed E-state index contributed by atoms with van der Waals surface area (Å²) in [5.74, 6) is -3.70. The Morgan fingerprint density at radius 1 is 0.897 bits per heavy atom. The van der Waals surface area contributed by atoms with E-state index in [1.165, 1.54) is 0 Å². The number of nitrogens with zero attached hydrogens (tertiary/aromatic N) is 1. The number of guanidine groups is 1. The van der Waals surface area contributed by atoms with Crippen molar-refractivity contribution < 1.29 is 24.3 Å². The lowest BCUT2D eigenvalue weighted by atomic mass is 10.1. The first kappa shape index (κ1) is 26.1. The van der Waals surface area contributed by atoms with Crippen molar-refractivity contribution >= 4 is 29.7 Å². The number of hydrogen-bond donors (Lipinski definition) is 8. The highest BCUT2D eigenvalue weighted by Gasteiger charge is 2.28. The van der Waals surface area contributed by atoms with Crippen LogP contribution in [0.15, 0.2) is 4.99 Å². The van der Waals surface area contributed by atoms with E-state index in [1.807, 2.05) is 0 Å². The van der Waals surface area contributed by atoms with Gasteiger partial charge in [-0.2, -0.15) is 0 Å². The number of hydrogen-bond acceptors (Lipinski definition) is 7. The summed E-state index contributed by atoms with van der Waals surface area (Å²) >= 11 is 0. The summed E-state index contributed by atoms with van der Waals surface area (Å²) in [5, 5.41) is 13.9. The summed E-state index contributed by atoms with van der Waals surface area (Å²) < 4.78 is 0. The van der Waals surface area contributed by atoms with Crippen LogP contribution in [0.3, 0.4) is 0 Å². The normalized spacial score (nSPS) is 13.6. The second-order valence-electron chi connectivity index (χ2n) is 6.47. The van der Waals surface area contributed by atoms with Crippen LogP contribution in [-0.2, 0) is 19.2 Å². The molecule has 0 saturated carbocycles. The zero-order chi connectivity index (χ0) is 22.4. The van der Waals surface area contributed by atoms with Gasteiger partial charge >= 0.3 is 5.97 Å². The molecule has 0 aromatic heterocycles. The van der Waals surface area contributed by atoms with E-state index in [9.17, 15) is 24.3 Å². The molecule has 0 radical (unpaired) electrons. The lowest BCUT2D eigenvalue weighted by Crippen LogP contribution is -2.55. The molecule has 13 heteroatoms. The lowest BCUT2D eigenvalue weighted by Gasteiger charge is -2.22. The van der Waals surface area contributed by atoms with Crippen LogP contribution in [0.1, 0.15) is 38.5 Å². The van der Waals surface area contributed by atoms with Gasteiger partial charge in [0.2, 0.25) is 17.7 Å². The zero-order valence-corrected chi connectivity index (χ0v) is 16.3. The van der Waals surface area contributed by atoms with Gasteiger partial charge in [0.05, 0.1) is 12.5 Å². The molecule has 29 heavy (non-hydrogen) atoms. The highest BCUT2D eigenvalue weighted by Crippen LogP contribution is 2.04. The fourth-order valence-electron chi connectivity index (χ4n) is 2.36. The Balaban J connectivity index is 4.88. The van der Waals surface area contributed by atoms with Crippen LogP contribution in [0.2, 0.25) is 0 Å². The number of rotatable bonds is 15. The number of nitrogens with one attached hydrogen (secondary N) is 2. The van der Waals surface area contributed by atoms with Crippen molar-refractivity contribution in [3.05, 3.63) is 0 Å². The fourth-order valence-corrected chi connectivity index (χ4v) is 2.36. The zero-order valence-electron chi connectivity index (χ0n) is 16.3. The van der Waals surface area contributed by atoms with Crippen molar-refractivity contribution in [2.24, 2.45) is 33.7 Å². The van der Waals surface area contributed by atoms with Gasteiger partial charge in [0.25, 0.3) is 0 Å². The Morgan fingerprint density at radius 2 is 1.52 bits per heavy atom. The number of aliphatic imine (C=N–C) groups is 1. The van der Waals surface area contributed by atoms with Crippen LogP contribution < -0.4 is 39.3 Å². The second kappa shape index (κ2) is 14.1. The number of unbranched alkanes of at least 4 members (excludes halogenated alkanes) is 1. The maximum atomic E-state index is 12.4. The highest BCUT2D eigenvalue weighted by molar-refractivity contribution is 5.94. The molecule has 0 aromatic rings. The predicted molar refractivity (Wildman–Crippen MR) is 106 cm³/mol. The molecule has 3 amide bonds. The van der Waals surface area contributed by atoms with Gasteiger partial charge in [0.1, 0.15) is 12.1 Å². The van der Waals surface area contributed by atoms with E-state index < -0.39 is 48.2 Å². The largest absolute Gasteiger partial charge is 0.480 e. The molecule has 166 valence electrons. The lowest BCUT2D eigenvalue weighted by molar-refractivity contribution is -0.142. The molecule has 13 nitrogen and oxygen atoms in total. The Kier molecular flexibility index (Phi) is 12.7. The van der Waals surface area contributed by atoms with Crippen LogP contribution in [0.5, 0.6) is 0 Å². The molecule has 0 aliphatic carbocycles. The number of amides is 3. The molecule has 0 aliphatic rings. The van der Waals surface area contributed by atoms with Gasteiger partial charge < -0.3 is 44.4 Å². The van der Waals surface area contributed by atoms with E-state index in [-0.39, 0.29) is 25.3 Å². The topological polar surface area (TPSA) is 255 Å². The van der Waals surface area contributed by atoms with Crippen molar-refractivity contribution in [2.75, 3.05) is 13.1 Å². The molecular formula is C16H32N8O5. The predicted octanol–water partition coefficient (Wildman–Crippen LogP) is -3.57. The smallest absolute Gasteiger partial charge is 0.326 e. The average molecular weight is 416 g/mol. The van der Waals surface area contributed by atoms with E-state index in [0.29, 0.717) is 25.8 Å². The minimum atomic E-state index is -1.35. The Bertz CT molecular complexity index is 594. The van der Waals surface area contributed by atoms with Gasteiger partial charge in [0.15, 0.2) is 5.96 Å². The number of nitrogens with two attached hydrogens (primary N) is 5. The second-order valence-corrected chi connectivity index (χ2v) is 6.47. The molecule has 0 heterocycles. The van der Waals surface area contributed by atoms with Crippen molar-refractivity contribution in [3.63, 3.8) is 0 Å². The summed E-state index contributed by atoms with van der Waals surface area (Å²) in [6, 6.07) is -3.51. The number of carboxylic acid groups (broad SMARTS) is 1.